The molecule has 3 N–H and O–H groups in total. The fourth-order valence-electron chi connectivity index (χ4n) is 2.11. The first-order valence-corrected chi connectivity index (χ1v) is 7.47. The van der Waals surface area contributed by atoms with Gasteiger partial charge >= 0.3 is 0 Å². The minimum Gasteiger partial charge on any atom is -0.380 e. The molecule has 6 heteroatoms. The van der Waals surface area contributed by atoms with Gasteiger partial charge in [0.05, 0.1) is 12.5 Å². The van der Waals surface area contributed by atoms with E-state index in [1.54, 1.807) is 29.2 Å². The number of carbonyl (C=O) groups excluding carboxylic acids is 2. The largest absolute Gasteiger partial charge is 0.380 e. The van der Waals surface area contributed by atoms with E-state index >= 15 is 0 Å². The lowest BCUT2D eigenvalue weighted by Crippen LogP contribution is -2.30. The van der Waals surface area contributed by atoms with Crippen LogP contribution in [0.2, 0.25) is 0 Å². The van der Waals surface area contributed by atoms with Crippen molar-refractivity contribution in [3.63, 3.8) is 0 Å². The first kappa shape index (κ1) is 18.1. The number of anilines is 1. The molecule has 0 saturated heterocycles. The smallest absolute Gasteiger partial charge is 0.253 e. The fraction of sp³-hybridized carbons (Fsp3) is 0.500. The van der Waals surface area contributed by atoms with E-state index in [-0.39, 0.29) is 30.9 Å². The average molecular weight is 307 g/mol. The second-order valence-electron chi connectivity index (χ2n) is 4.90. The van der Waals surface area contributed by atoms with Crippen LogP contribution < -0.4 is 11.1 Å². The van der Waals surface area contributed by atoms with Crippen LogP contribution in [0.1, 0.15) is 30.6 Å². The maximum absolute atomic E-state index is 12.3. The molecule has 0 saturated carbocycles. The van der Waals surface area contributed by atoms with E-state index in [0.717, 1.165) is 0 Å². The third kappa shape index (κ3) is 5.13. The van der Waals surface area contributed by atoms with E-state index < -0.39 is 0 Å². The number of nitrogens with two attached hydrogens (primary N) is 1. The summed E-state index contributed by atoms with van der Waals surface area (Å²) in [6.45, 7) is 5.45. The normalized spacial score (nSPS) is 11.8. The number of rotatable bonds is 8. The van der Waals surface area contributed by atoms with Gasteiger partial charge in [0, 0.05) is 38.0 Å². The summed E-state index contributed by atoms with van der Waals surface area (Å²) in [5.74, 6) is -0.234. The minimum atomic E-state index is -0.305. The molecule has 0 bridgehead atoms. The molecule has 0 fully saturated rings. The molecular formula is C16H25N3O3. The van der Waals surface area contributed by atoms with E-state index in [1.807, 2.05) is 13.8 Å². The van der Waals surface area contributed by atoms with Gasteiger partial charge in [0.15, 0.2) is 0 Å². The lowest BCUT2D eigenvalue weighted by atomic mass is 10.1. The van der Waals surface area contributed by atoms with Gasteiger partial charge in [-0.2, -0.15) is 0 Å². The molecule has 22 heavy (non-hydrogen) atoms. The Hall–Kier alpha value is -1.92. The van der Waals surface area contributed by atoms with Crippen molar-refractivity contribution in [2.75, 3.05) is 32.1 Å². The molecule has 6 nitrogen and oxygen atoms in total. The van der Waals surface area contributed by atoms with E-state index in [2.05, 4.69) is 5.32 Å². The number of carbonyl (C=O) groups is 2. The van der Waals surface area contributed by atoms with E-state index in [0.29, 0.717) is 24.3 Å². The summed E-state index contributed by atoms with van der Waals surface area (Å²) in [5.41, 5.74) is 6.65. The summed E-state index contributed by atoms with van der Waals surface area (Å²) in [6, 6.07) is 6.93. The van der Waals surface area contributed by atoms with Crippen LogP contribution in [-0.4, -0.2) is 49.6 Å². The summed E-state index contributed by atoms with van der Waals surface area (Å²) in [6.07, 6.45) is -0.123. The molecule has 2 amide bonds. The number of methoxy groups -OCH3 is 1. The quantitative estimate of drug-likeness (QED) is 0.761. The van der Waals surface area contributed by atoms with Gasteiger partial charge in [-0.05, 0) is 32.0 Å². The predicted octanol–water partition coefficient (Wildman–Crippen LogP) is 1.47. The van der Waals surface area contributed by atoms with Crippen molar-refractivity contribution in [1.29, 1.82) is 0 Å². The minimum absolute atomic E-state index is 0.0437. The molecule has 1 rings (SSSR count). The molecule has 122 valence electrons. The second-order valence-corrected chi connectivity index (χ2v) is 4.90. The highest BCUT2D eigenvalue weighted by Crippen LogP contribution is 2.13. The van der Waals surface area contributed by atoms with E-state index in [1.165, 1.54) is 7.11 Å². The Balaban J connectivity index is 2.76. The molecule has 1 unspecified atom stereocenters. The number of nitrogens with zero attached hydrogens (tertiary/aromatic N) is 1. The second kappa shape index (κ2) is 9.17. The van der Waals surface area contributed by atoms with Crippen LogP contribution in [0, 0.1) is 0 Å². The molecular weight excluding hydrogens is 282 g/mol. The number of hydrogen-bond donors (Lipinski definition) is 2. The number of nitrogens with one attached hydrogen (secondary N) is 1. The molecule has 1 aromatic rings. The van der Waals surface area contributed by atoms with Gasteiger partial charge in [0.1, 0.15) is 0 Å². The molecule has 0 aliphatic rings. The van der Waals surface area contributed by atoms with Crippen molar-refractivity contribution in [2.24, 2.45) is 5.73 Å². The first-order valence-electron chi connectivity index (χ1n) is 7.47. The Morgan fingerprint density at radius 1 is 1.32 bits per heavy atom. The number of hydrogen-bond acceptors (Lipinski definition) is 4. The maximum Gasteiger partial charge on any atom is 0.253 e. The highest BCUT2D eigenvalue weighted by atomic mass is 16.5. The van der Waals surface area contributed by atoms with Gasteiger partial charge in [-0.3, -0.25) is 9.59 Å². The summed E-state index contributed by atoms with van der Waals surface area (Å²) < 4.78 is 5.08. The molecule has 0 radical (unpaired) electrons. The maximum atomic E-state index is 12.3. The van der Waals surface area contributed by atoms with Crippen molar-refractivity contribution in [1.82, 2.24) is 4.90 Å². The van der Waals surface area contributed by atoms with Crippen molar-refractivity contribution < 1.29 is 14.3 Å². The molecule has 1 atom stereocenters. The third-order valence-electron chi connectivity index (χ3n) is 3.45. The Kier molecular flexibility index (Phi) is 7.56. The molecule has 0 spiro atoms. The fourth-order valence-corrected chi connectivity index (χ4v) is 2.11. The van der Waals surface area contributed by atoms with Crippen LogP contribution in [0.15, 0.2) is 24.3 Å². The summed E-state index contributed by atoms with van der Waals surface area (Å²) in [7, 11) is 1.52. The summed E-state index contributed by atoms with van der Waals surface area (Å²) in [5, 5.41) is 2.77. The lowest BCUT2D eigenvalue weighted by Gasteiger charge is -2.19. The van der Waals surface area contributed by atoms with Gasteiger partial charge < -0.3 is 20.7 Å². The molecule has 1 aromatic carbocycles. The highest BCUT2D eigenvalue weighted by Gasteiger charge is 2.14. The zero-order valence-electron chi connectivity index (χ0n) is 13.5. The first-order chi connectivity index (χ1) is 10.5. The average Bonchev–Trinajstić information content (AvgIpc) is 2.53. The van der Waals surface area contributed by atoms with Crippen LogP contribution in [0.4, 0.5) is 5.69 Å². The van der Waals surface area contributed by atoms with Crippen molar-refractivity contribution >= 4 is 17.5 Å². The molecule has 0 aromatic heterocycles. The van der Waals surface area contributed by atoms with Crippen LogP contribution >= 0.6 is 0 Å². The SMILES string of the molecule is CCN(CC)C(=O)c1cccc(NC(=O)CC(CN)OC)c1. The van der Waals surface area contributed by atoms with Crippen molar-refractivity contribution in [2.45, 2.75) is 26.4 Å². The van der Waals surface area contributed by atoms with Crippen LogP contribution in [0.25, 0.3) is 0 Å². The lowest BCUT2D eigenvalue weighted by molar-refractivity contribution is -0.118. The Morgan fingerprint density at radius 2 is 2.00 bits per heavy atom. The predicted molar refractivity (Wildman–Crippen MR) is 86.8 cm³/mol. The van der Waals surface area contributed by atoms with Gasteiger partial charge in [-0.1, -0.05) is 6.07 Å². The number of benzene rings is 1. The molecule has 0 heterocycles. The molecule has 0 aliphatic carbocycles. The van der Waals surface area contributed by atoms with Gasteiger partial charge in [-0.15, -0.1) is 0 Å². The summed E-state index contributed by atoms with van der Waals surface area (Å²) in [4.78, 5) is 26.0. The monoisotopic (exact) mass is 307 g/mol. The molecule has 0 aliphatic heterocycles. The van der Waals surface area contributed by atoms with Crippen LogP contribution in [-0.2, 0) is 9.53 Å². The van der Waals surface area contributed by atoms with E-state index in [9.17, 15) is 9.59 Å². The highest BCUT2D eigenvalue weighted by molar-refractivity contribution is 5.97. The number of ether oxygens (including phenoxy) is 1. The number of amides is 2. The van der Waals surface area contributed by atoms with Crippen molar-refractivity contribution in [3.05, 3.63) is 29.8 Å². The van der Waals surface area contributed by atoms with E-state index in [4.69, 9.17) is 10.5 Å². The zero-order valence-corrected chi connectivity index (χ0v) is 13.5. The standard InChI is InChI=1S/C16H25N3O3/c1-4-19(5-2)16(21)12-7-6-8-13(9-12)18-15(20)10-14(11-17)22-3/h6-9,14H,4-5,10-11,17H2,1-3H3,(H,18,20). The topological polar surface area (TPSA) is 84.7 Å². The van der Waals surface area contributed by atoms with Gasteiger partial charge in [-0.25, -0.2) is 0 Å². The zero-order chi connectivity index (χ0) is 16.5. The summed E-state index contributed by atoms with van der Waals surface area (Å²) >= 11 is 0. The van der Waals surface area contributed by atoms with Gasteiger partial charge in [0.2, 0.25) is 5.91 Å². The van der Waals surface area contributed by atoms with Crippen molar-refractivity contribution in [3.8, 4) is 0 Å². The van der Waals surface area contributed by atoms with Crippen LogP contribution in [0.5, 0.6) is 0 Å². The Morgan fingerprint density at radius 3 is 2.55 bits per heavy atom. The Bertz CT molecular complexity index is 497. The Labute approximate surface area is 131 Å². The van der Waals surface area contributed by atoms with Gasteiger partial charge in [0.25, 0.3) is 5.91 Å². The third-order valence-corrected chi connectivity index (χ3v) is 3.45. The van der Waals surface area contributed by atoms with Crippen LogP contribution in [0.3, 0.4) is 0 Å².